The molecule has 94 valence electrons. The van der Waals surface area contributed by atoms with Crippen molar-refractivity contribution in [2.24, 2.45) is 0 Å². The predicted molar refractivity (Wildman–Crippen MR) is 62.4 cm³/mol. The number of carbonyl (C=O) groups excluding carboxylic acids is 1. The summed E-state index contributed by atoms with van der Waals surface area (Å²) < 4.78 is 31.5. The Bertz CT molecular complexity index is 648. The lowest BCUT2D eigenvalue weighted by atomic mass is 10.1. The van der Waals surface area contributed by atoms with Crippen molar-refractivity contribution >= 4 is 16.9 Å². The summed E-state index contributed by atoms with van der Waals surface area (Å²) in [5, 5.41) is 0.284. The Kier molecular flexibility index (Phi) is 2.98. The van der Waals surface area contributed by atoms with Gasteiger partial charge in [-0.1, -0.05) is 0 Å². The monoisotopic (exact) mass is 251 g/mol. The van der Waals surface area contributed by atoms with Crippen LogP contribution in [0.5, 0.6) is 5.75 Å². The molecule has 0 aliphatic heterocycles. The van der Waals surface area contributed by atoms with E-state index in [4.69, 9.17) is 4.74 Å². The second-order valence-corrected chi connectivity index (χ2v) is 4.03. The van der Waals surface area contributed by atoms with E-state index in [0.717, 1.165) is 12.1 Å². The molecule has 1 aromatic heterocycles. The van der Waals surface area contributed by atoms with E-state index in [1.54, 1.807) is 13.8 Å². The highest BCUT2D eigenvalue weighted by atomic mass is 19.2. The van der Waals surface area contributed by atoms with E-state index >= 15 is 0 Å². The normalized spacial score (nSPS) is 10.7. The van der Waals surface area contributed by atoms with Crippen LogP contribution in [-0.2, 0) is 4.79 Å². The van der Waals surface area contributed by atoms with Gasteiger partial charge in [0.15, 0.2) is 11.6 Å². The van der Waals surface area contributed by atoms with E-state index in [2.05, 4.69) is 4.98 Å². The number of hydrogen-bond donors (Lipinski definition) is 0. The van der Waals surface area contributed by atoms with Crippen LogP contribution in [0.2, 0.25) is 0 Å². The van der Waals surface area contributed by atoms with Crippen LogP contribution in [-0.4, -0.2) is 11.0 Å². The Labute approximate surface area is 102 Å². The third-order valence-electron chi connectivity index (χ3n) is 2.70. The molecule has 5 heteroatoms. The quantitative estimate of drug-likeness (QED) is 0.731. The van der Waals surface area contributed by atoms with Crippen molar-refractivity contribution in [3.63, 3.8) is 0 Å². The molecule has 0 radical (unpaired) electrons. The SMILES string of the molecule is CC(=O)Oc1c(C)c(C)nc2cc(F)c(F)cc12. The maximum absolute atomic E-state index is 13.3. The van der Waals surface area contributed by atoms with Crippen LogP contribution in [0.3, 0.4) is 0 Å². The summed E-state index contributed by atoms with van der Waals surface area (Å²) >= 11 is 0. The summed E-state index contributed by atoms with van der Waals surface area (Å²) in [5.41, 5.74) is 1.49. The molecular formula is C13H11F2NO2. The molecule has 0 aliphatic rings. The largest absolute Gasteiger partial charge is 0.426 e. The molecule has 0 bridgehead atoms. The van der Waals surface area contributed by atoms with Crippen LogP contribution in [0, 0.1) is 25.5 Å². The average molecular weight is 251 g/mol. The minimum atomic E-state index is -0.999. The molecule has 0 unspecified atom stereocenters. The van der Waals surface area contributed by atoms with Gasteiger partial charge in [-0.25, -0.2) is 8.78 Å². The number of fused-ring (bicyclic) bond motifs is 1. The highest BCUT2D eigenvalue weighted by Crippen LogP contribution is 2.31. The molecule has 0 saturated heterocycles. The van der Waals surface area contributed by atoms with Crippen molar-refractivity contribution in [2.45, 2.75) is 20.8 Å². The van der Waals surface area contributed by atoms with E-state index in [1.165, 1.54) is 6.92 Å². The van der Waals surface area contributed by atoms with Gasteiger partial charge in [-0.2, -0.15) is 0 Å². The molecule has 3 nitrogen and oxygen atoms in total. The number of nitrogens with zero attached hydrogens (tertiary/aromatic N) is 1. The number of esters is 1. The lowest BCUT2D eigenvalue weighted by molar-refractivity contribution is -0.131. The average Bonchev–Trinajstić information content (AvgIpc) is 2.28. The van der Waals surface area contributed by atoms with Crippen LogP contribution in [0.4, 0.5) is 8.78 Å². The third kappa shape index (κ3) is 2.03. The molecule has 2 rings (SSSR count). The lowest BCUT2D eigenvalue weighted by Gasteiger charge is -2.11. The van der Waals surface area contributed by atoms with Crippen LogP contribution in [0.1, 0.15) is 18.2 Å². The first-order chi connectivity index (χ1) is 8.40. The summed E-state index contributed by atoms with van der Waals surface area (Å²) in [6, 6.07) is 1.98. The molecule has 18 heavy (non-hydrogen) atoms. The summed E-state index contributed by atoms with van der Waals surface area (Å²) in [7, 11) is 0. The Morgan fingerprint density at radius 3 is 2.44 bits per heavy atom. The predicted octanol–water partition coefficient (Wildman–Crippen LogP) is 3.06. The van der Waals surface area contributed by atoms with Crippen molar-refractivity contribution in [2.75, 3.05) is 0 Å². The van der Waals surface area contributed by atoms with E-state index in [-0.39, 0.29) is 16.7 Å². The summed E-state index contributed by atoms with van der Waals surface area (Å²) in [6.45, 7) is 4.67. The maximum atomic E-state index is 13.3. The van der Waals surface area contributed by atoms with Gasteiger partial charge < -0.3 is 4.74 Å². The zero-order chi connectivity index (χ0) is 13.4. The topological polar surface area (TPSA) is 39.2 Å². The van der Waals surface area contributed by atoms with Crippen molar-refractivity contribution in [1.29, 1.82) is 0 Å². The zero-order valence-corrected chi connectivity index (χ0v) is 10.2. The highest BCUT2D eigenvalue weighted by Gasteiger charge is 2.15. The van der Waals surface area contributed by atoms with Crippen LogP contribution < -0.4 is 4.74 Å². The molecule has 0 atom stereocenters. The first-order valence-electron chi connectivity index (χ1n) is 5.34. The van der Waals surface area contributed by atoms with Crippen molar-refractivity contribution in [1.82, 2.24) is 4.98 Å². The van der Waals surface area contributed by atoms with Gasteiger partial charge in [0, 0.05) is 29.6 Å². The first-order valence-corrected chi connectivity index (χ1v) is 5.34. The van der Waals surface area contributed by atoms with E-state index < -0.39 is 17.6 Å². The van der Waals surface area contributed by atoms with Gasteiger partial charge in [-0.05, 0) is 19.9 Å². The maximum Gasteiger partial charge on any atom is 0.308 e. The fraction of sp³-hybridized carbons (Fsp3) is 0.231. The molecule has 0 fully saturated rings. The summed E-state index contributed by atoms with van der Waals surface area (Å²) in [4.78, 5) is 15.2. The summed E-state index contributed by atoms with van der Waals surface area (Å²) in [6.07, 6.45) is 0. The molecule has 0 spiro atoms. The lowest BCUT2D eigenvalue weighted by Crippen LogP contribution is -2.06. The van der Waals surface area contributed by atoms with Crippen LogP contribution in [0.15, 0.2) is 12.1 Å². The van der Waals surface area contributed by atoms with Gasteiger partial charge in [0.1, 0.15) is 5.75 Å². The number of ether oxygens (including phenoxy) is 1. The third-order valence-corrected chi connectivity index (χ3v) is 2.70. The Morgan fingerprint density at radius 2 is 1.83 bits per heavy atom. The zero-order valence-electron chi connectivity index (χ0n) is 10.2. The molecule has 1 heterocycles. The van der Waals surface area contributed by atoms with E-state index in [0.29, 0.717) is 11.3 Å². The van der Waals surface area contributed by atoms with Gasteiger partial charge in [0.05, 0.1) is 5.52 Å². The van der Waals surface area contributed by atoms with Gasteiger partial charge in [-0.3, -0.25) is 9.78 Å². The van der Waals surface area contributed by atoms with Crippen molar-refractivity contribution in [3.05, 3.63) is 35.0 Å². The molecule has 1 aromatic carbocycles. The number of pyridine rings is 1. The van der Waals surface area contributed by atoms with Gasteiger partial charge in [0.25, 0.3) is 0 Å². The minimum Gasteiger partial charge on any atom is -0.426 e. The second-order valence-electron chi connectivity index (χ2n) is 4.03. The van der Waals surface area contributed by atoms with Crippen molar-refractivity contribution < 1.29 is 18.3 Å². The Hall–Kier alpha value is -2.04. The van der Waals surface area contributed by atoms with Crippen molar-refractivity contribution in [3.8, 4) is 5.75 Å². The molecule has 2 aromatic rings. The highest BCUT2D eigenvalue weighted by molar-refractivity contribution is 5.89. The number of halogens is 2. The summed E-state index contributed by atoms with van der Waals surface area (Å²) in [5.74, 6) is -2.27. The molecule has 0 amide bonds. The van der Waals surface area contributed by atoms with Crippen LogP contribution in [0.25, 0.3) is 10.9 Å². The second kappa shape index (κ2) is 4.33. The van der Waals surface area contributed by atoms with Gasteiger partial charge in [-0.15, -0.1) is 0 Å². The minimum absolute atomic E-state index is 0.226. The standard InChI is InChI=1S/C13H11F2NO2/c1-6-7(2)16-12-5-11(15)10(14)4-9(12)13(6)18-8(3)17/h4-5H,1-3H3. The van der Waals surface area contributed by atoms with E-state index in [9.17, 15) is 13.6 Å². The number of aryl methyl sites for hydroxylation is 1. The van der Waals surface area contributed by atoms with Gasteiger partial charge >= 0.3 is 5.97 Å². The number of hydrogen-bond acceptors (Lipinski definition) is 3. The van der Waals surface area contributed by atoms with Gasteiger partial charge in [0.2, 0.25) is 0 Å². The fourth-order valence-electron chi connectivity index (χ4n) is 1.72. The molecular weight excluding hydrogens is 240 g/mol. The molecule has 0 aliphatic carbocycles. The molecule has 0 saturated carbocycles. The fourth-order valence-corrected chi connectivity index (χ4v) is 1.72. The van der Waals surface area contributed by atoms with Crippen LogP contribution >= 0.6 is 0 Å². The Balaban J connectivity index is 2.83. The number of rotatable bonds is 1. The molecule has 0 N–H and O–H groups in total. The first kappa shape index (κ1) is 12.4. The number of carbonyl (C=O) groups is 1. The number of benzene rings is 1. The van der Waals surface area contributed by atoms with E-state index in [1.807, 2.05) is 0 Å². The smallest absolute Gasteiger partial charge is 0.308 e. The number of aromatic nitrogens is 1. The Morgan fingerprint density at radius 1 is 1.22 bits per heavy atom.